The van der Waals surface area contributed by atoms with Gasteiger partial charge in [-0.1, -0.05) is 30.3 Å². The molecule has 0 aromatic heterocycles. The third-order valence-electron chi connectivity index (χ3n) is 4.59. The maximum absolute atomic E-state index is 14.0. The highest BCUT2D eigenvalue weighted by Crippen LogP contribution is 2.36. The quantitative estimate of drug-likeness (QED) is 0.435. The Bertz CT molecular complexity index is 790. The van der Waals surface area contributed by atoms with Crippen LogP contribution in [0.5, 0.6) is 0 Å². The highest BCUT2D eigenvalue weighted by atomic mass is 19.2. The van der Waals surface area contributed by atoms with E-state index >= 15 is 0 Å². The first-order valence-electron chi connectivity index (χ1n) is 8.08. The topological polar surface area (TPSA) is 20.3 Å². The smallest absolute Gasteiger partial charge is 0.257 e. The summed E-state index contributed by atoms with van der Waals surface area (Å²) in [5.74, 6) is -7.71. The molecular weight excluding hydrogens is 334 g/mol. The second-order valence-electron chi connectivity index (χ2n) is 6.34. The molecule has 1 aliphatic carbocycles. The minimum atomic E-state index is -1.97. The number of carbonyl (C=O) groups is 1. The Morgan fingerprint density at radius 3 is 2.32 bits per heavy atom. The van der Waals surface area contributed by atoms with Crippen molar-refractivity contribution in [2.24, 2.45) is 5.92 Å². The van der Waals surface area contributed by atoms with Crippen molar-refractivity contribution < 1.29 is 22.4 Å². The van der Waals surface area contributed by atoms with Gasteiger partial charge in [0.15, 0.2) is 23.3 Å². The number of nitrogens with zero attached hydrogens (tertiary/aromatic N) is 1. The van der Waals surface area contributed by atoms with Crippen LogP contribution >= 0.6 is 0 Å². The van der Waals surface area contributed by atoms with Crippen LogP contribution in [-0.2, 0) is 6.54 Å². The molecule has 0 saturated heterocycles. The normalized spacial score (nSPS) is 15.1. The highest BCUT2D eigenvalue weighted by Gasteiger charge is 2.36. The minimum absolute atomic E-state index is 0.178. The van der Waals surface area contributed by atoms with Crippen LogP contribution in [0.3, 0.4) is 0 Å². The lowest BCUT2D eigenvalue weighted by molar-refractivity contribution is 0.0647. The van der Waals surface area contributed by atoms with Crippen LogP contribution in [-0.4, -0.2) is 16.8 Å². The molecule has 0 spiro atoms. The average Bonchev–Trinajstić information content (AvgIpc) is 3.46. The van der Waals surface area contributed by atoms with Gasteiger partial charge in [0.05, 0.1) is 5.56 Å². The molecule has 1 amide bonds. The summed E-state index contributed by atoms with van der Waals surface area (Å²) in [7, 11) is 0. The largest absolute Gasteiger partial charge is 0.331 e. The van der Waals surface area contributed by atoms with Crippen LogP contribution in [0.25, 0.3) is 0 Å². The highest BCUT2D eigenvalue weighted by molar-refractivity contribution is 5.94. The second-order valence-corrected chi connectivity index (χ2v) is 6.34. The Balaban J connectivity index is 1.97. The molecule has 0 heterocycles. The zero-order valence-corrected chi connectivity index (χ0v) is 13.6. The molecular formula is C19H17F4NO. The number of rotatable bonds is 5. The van der Waals surface area contributed by atoms with Crippen LogP contribution in [0.4, 0.5) is 17.6 Å². The van der Waals surface area contributed by atoms with E-state index in [4.69, 9.17) is 0 Å². The Kier molecular flexibility index (Phi) is 4.79. The summed E-state index contributed by atoms with van der Waals surface area (Å²) >= 11 is 0. The summed E-state index contributed by atoms with van der Waals surface area (Å²) in [6.45, 7) is 2.00. The van der Waals surface area contributed by atoms with Crippen molar-refractivity contribution in [2.45, 2.75) is 32.4 Å². The van der Waals surface area contributed by atoms with E-state index in [1.807, 2.05) is 25.1 Å². The minimum Gasteiger partial charge on any atom is -0.331 e. The molecule has 2 nitrogen and oxygen atoms in total. The van der Waals surface area contributed by atoms with Crippen LogP contribution in [0, 0.1) is 29.2 Å². The van der Waals surface area contributed by atoms with Crippen molar-refractivity contribution in [2.75, 3.05) is 0 Å². The number of amides is 1. The van der Waals surface area contributed by atoms with Crippen LogP contribution < -0.4 is 0 Å². The molecule has 1 saturated carbocycles. The predicted octanol–water partition coefficient (Wildman–Crippen LogP) is 4.68. The second kappa shape index (κ2) is 6.86. The molecule has 1 aliphatic rings. The van der Waals surface area contributed by atoms with Gasteiger partial charge in [-0.25, -0.2) is 17.6 Å². The van der Waals surface area contributed by atoms with Crippen molar-refractivity contribution in [1.82, 2.24) is 4.90 Å². The molecule has 0 bridgehead atoms. The van der Waals surface area contributed by atoms with Gasteiger partial charge in [0.2, 0.25) is 0 Å². The number of halogens is 4. The molecule has 132 valence electrons. The predicted molar refractivity (Wildman–Crippen MR) is 84.8 cm³/mol. The van der Waals surface area contributed by atoms with Crippen molar-refractivity contribution in [3.05, 3.63) is 70.8 Å². The fourth-order valence-electron chi connectivity index (χ4n) is 2.90. The zero-order chi connectivity index (χ0) is 18.1. The summed E-state index contributed by atoms with van der Waals surface area (Å²) in [5, 5.41) is 0. The molecule has 25 heavy (non-hydrogen) atoms. The van der Waals surface area contributed by atoms with Gasteiger partial charge in [-0.05, 0) is 37.3 Å². The third kappa shape index (κ3) is 3.52. The van der Waals surface area contributed by atoms with Crippen LogP contribution in [0.15, 0.2) is 36.4 Å². The fourth-order valence-corrected chi connectivity index (χ4v) is 2.90. The average molecular weight is 351 g/mol. The molecule has 0 N–H and O–H groups in total. The summed E-state index contributed by atoms with van der Waals surface area (Å²) < 4.78 is 54.2. The molecule has 1 fully saturated rings. The van der Waals surface area contributed by atoms with Crippen molar-refractivity contribution >= 4 is 5.91 Å². The molecule has 3 rings (SSSR count). The monoisotopic (exact) mass is 351 g/mol. The van der Waals surface area contributed by atoms with Gasteiger partial charge in [0, 0.05) is 12.6 Å². The molecule has 2 aromatic rings. The molecule has 6 heteroatoms. The first-order chi connectivity index (χ1) is 11.9. The Morgan fingerprint density at radius 2 is 1.72 bits per heavy atom. The molecule has 0 aliphatic heterocycles. The van der Waals surface area contributed by atoms with E-state index in [1.54, 1.807) is 12.1 Å². The number of hydrogen-bond donors (Lipinski definition) is 0. The summed E-state index contributed by atoms with van der Waals surface area (Å²) in [4.78, 5) is 14.2. The van der Waals surface area contributed by atoms with E-state index in [-0.39, 0.29) is 18.5 Å². The van der Waals surface area contributed by atoms with Crippen molar-refractivity contribution in [1.29, 1.82) is 0 Å². The van der Waals surface area contributed by atoms with E-state index in [0.29, 0.717) is 6.07 Å². The van der Waals surface area contributed by atoms with Gasteiger partial charge < -0.3 is 4.90 Å². The maximum Gasteiger partial charge on any atom is 0.257 e. The number of benzene rings is 2. The van der Waals surface area contributed by atoms with Gasteiger partial charge in [0.1, 0.15) is 0 Å². The lowest BCUT2D eigenvalue weighted by Crippen LogP contribution is -2.40. The van der Waals surface area contributed by atoms with Crippen LogP contribution in [0.2, 0.25) is 0 Å². The van der Waals surface area contributed by atoms with Gasteiger partial charge in [-0.2, -0.15) is 0 Å². The van der Waals surface area contributed by atoms with E-state index in [2.05, 4.69) is 0 Å². The molecule has 2 aromatic carbocycles. The first-order valence-corrected chi connectivity index (χ1v) is 8.08. The number of hydrogen-bond acceptors (Lipinski definition) is 1. The lowest BCUT2D eigenvalue weighted by atomic mass is 10.1. The van der Waals surface area contributed by atoms with Gasteiger partial charge in [-0.3, -0.25) is 4.79 Å². The summed E-state index contributed by atoms with van der Waals surface area (Å²) in [6, 6.07) is 9.25. The SMILES string of the molecule is CC(C1CC1)N(Cc1ccccc1)C(=O)c1cc(F)c(F)c(F)c1F. The molecule has 1 atom stereocenters. The van der Waals surface area contributed by atoms with Gasteiger partial charge in [0.25, 0.3) is 5.91 Å². The van der Waals surface area contributed by atoms with Gasteiger partial charge >= 0.3 is 0 Å². The Morgan fingerprint density at radius 1 is 1.08 bits per heavy atom. The zero-order valence-electron chi connectivity index (χ0n) is 13.6. The standard InChI is InChI=1S/C19H17F4NO/c1-11(13-7-8-13)24(10-12-5-3-2-4-6-12)19(25)14-9-15(20)17(22)18(23)16(14)21/h2-6,9,11,13H,7-8,10H2,1H3. The van der Waals surface area contributed by atoms with Gasteiger partial charge in [-0.15, -0.1) is 0 Å². The third-order valence-corrected chi connectivity index (χ3v) is 4.59. The molecule has 0 radical (unpaired) electrons. The lowest BCUT2D eigenvalue weighted by Gasteiger charge is -2.30. The number of carbonyl (C=O) groups excluding carboxylic acids is 1. The summed E-state index contributed by atoms with van der Waals surface area (Å²) in [5.41, 5.74) is 0.0200. The van der Waals surface area contributed by atoms with Crippen molar-refractivity contribution in [3.8, 4) is 0 Å². The Labute approximate surface area is 143 Å². The van der Waals surface area contributed by atoms with E-state index in [1.165, 1.54) is 4.90 Å². The first kappa shape index (κ1) is 17.5. The van der Waals surface area contributed by atoms with E-state index in [9.17, 15) is 22.4 Å². The summed E-state index contributed by atoms with van der Waals surface area (Å²) in [6.07, 6.45) is 1.88. The van der Waals surface area contributed by atoms with Crippen molar-refractivity contribution in [3.63, 3.8) is 0 Å². The maximum atomic E-state index is 14.0. The fraction of sp³-hybridized carbons (Fsp3) is 0.316. The van der Waals surface area contributed by atoms with E-state index in [0.717, 1.165) is 18.4 Å². The Hall–Kier alpha value is -2.37. The van der Waals surface area contributed by atoms with Crippen LogP contribution in [0.1, 0.15) is 35.7 Å². The molecule has 1 unspecified atom stereocenters. The van der Waals surface area contributed by atoms with E-state index < -0.39 is 34.7 Å².